The lowest BCUT2D eigenvalue weighted by molar-refractivity contribution is 0.302. The largest absolute Gasteiger partial charge is 0.489 e. The highest BCUT2D eigenvalue weighted by Gasteiger charge is 2.05. The Hall–Kier alpha value is -1.03. The van der Waals surface area contributed by atoms with Crippen LogP contribution in [0.2, 0.25) is 5.02 Å². The Labute approximate surface area is 158 Å². The molecule has 130 valence electrons. The van der Waals surface area contributed by atoms with Crippen molar-refractivity contribution in [1.29, 1.82) is 0 Å². The molecule has 2 rings (SSSR count). The number of nitrogens with one attached hydrogen (secondary N) is 1. The van der Waals surface area contributed by atoms with Crippen LogP contribution in [0, 0.1) is 0 Å². The van der Waals surface area contributed by atoms with Crippen molar-refractivity contribution in [1.82, 2.24) is 5.32 Å². The fourth-order valence-electron chi connectivity index (χ4n) is 2.47. The van der Waals surface area contributed by atoms with Crippen LogP contribution in [0.25, 0.3) is 0 Å². The summed E-state index contributed by atoms with van der Waals surface area (Å²) < 4.78 is 7.08. The zero-order chi connectivity index (χ0) is 17.2. The maximum atomic E-state index is 6.01. The van der Waals surface area contributed by atoms with Crippen LogP contribution in [0.1, 0.15) is 43.7 Å². The molecule has 0 atom stereocenters. The van der Waals surface area contributed by atoms with E-state index in [1.807, 2.05) is 36.4 Å². The van der Waals surface area contributed by atoms with Gasteiger partial charge in [-0.1, -0.05) is 65.8 Å². The van der Waals surface area contributed by atoms with Crippen molar-refractivity contribution < 1.29 is 4.74 Å². The van der Waals surface area contributed by atoms with Crippen LogP contribution in [0.4, 0.5) is 0 Å². The second-order valence-electron chi connectivity index (χ2n) is 5.90. The quantitative estimate of drug-likeness (QED) is 0.461. The Morgan fingerprint density at radius 1 is 1.04 bits per heavy atom. The maximum Gasteiger partial charge on any atom is 0.124 e. The minimum Gasteiger partial charge on any atom is -0.489 e. The smallest absolute Gasteiger partial charge is 0.124 e. The minimum absolute atomic E-state index is 0.544. The van der Waals surface area contributed by atoms with Crippen molar-refractivity contribution in [2.75, 3.05) is 6.54 Å². The van der Waals surface area contributed by atoms with Crippen molar-refractivity contribution >= 4 is 27.5 Å². The SMILES string of the molecule is CCCCCCNCc1cc(Br)ccc1OCc1ccc(Cl)cc1. The lowest BCUT2D eigenvalue weighted by Gasteiger charge is -2.13. The molecule has 0 saturated heterocycles. The van der Waals surface area contributed by atoms with Crippen LogP contribution >= 0.6 is 27.5 Å². The van der Waals surface area contributed by atoms with Gasteiger partial charge in [-0.15, -0.1) is 0 Å². The van der Waals surface area contributed by atoms with Gasteiger partial charge in [0.2, 0.25) is 0 Å². The molecule has 0 fully saturated rings. The number of unbranched alkanes of at least 4 members (excludes halogenated alkanes) is 3. The van der Waals surface area contributed by atoms with E-state index in [0.29, 0.717) is 6.61 Å². The van der Waals surface area contributed by atoms with Gasteiger partial charge < -0.3 is 10.1 Å². The summed E-state index contributed by atoms with van der Waals surface area (Å²) in [6.45, 7) is 4.65. The molecule has 0 spiro atoms. The van der Waals surface area contributed by atoms with Gasteiger partial charge in [-0.05, 0) is 48.9 Å². The summed E-state index contributed by atoms with van der Waals surface area (Å²) in [4.78, 5) is 0. The third kappa shape index (κ3) is 6.84. The van der Waals surface area contributed by atoms with E-state index in [9.17, 15) is 0 Å². The molecule has 2 nitrogen and oxygen atoms in total. The van der Waals surface area contributed by atoms with E-state index < -0.39 is 0 Å². The molecule has 2 aromatic carbocycles. The summed E-state index contributed by atoms with van der Waals surface area (Å²) >= 11 is 9.47. The fourth-order valence-corrected chi connectivity index (χ4v) is 3.00. The minimum atomic E-state index is 0.544. The summed E-state index contributed by atoms with van der Waals surface area (Å²) in [5.74, 6) is 0.925. The highest BCUT2D eigenvalue weighted by Crippen LogP contribution is 2.24. The number of halogens is 2. The summed E-state index contributed by atoms with van der Waals surface area (Å²) in [5.41, 5.74) is 2.29. The number of ether oxygens (including phenoxy) is 1. The van der Waals surface area contributed by atoms with Gasteiger partial charge in [0, 0.05) is 21.6 Å². The maximum absolute atomic E-state index is 6.01. The van der Waals surface area contributed by atoms with Crippen LogP contribution < -0.4 is 10.1 Å². The third-order valence-electron chi connectivity index (χ3n) is 3.85. The van der Waals surface area contributed by atoms with E-state index >= 15 is 0 Å². The van der Waals surface area contributed by atoms with Crippen molar-refractivity contribution in [3.8, 4) is 5.75 Å². The van der Waals surface area contributed by atoms with Crippen molar-refractivity contribution in [2.45, 2.75) is 45.8 Å². The van der Waals surface area contributed by atoms with Crippen LogP contribution in [0.15, 0.2) is 46.9 Å². The second-order valence-corrected chi connectivity index (χ2v) is 7.26. The van der Waals surface area contributed by atoms with E-state index in [4.69, 9.17) is 16.3 Å². The first-order valence-corrected chi connectivity index (χ1v) is 9.72. The molecule has 0 radical (unpaired) electrons. The normalized spacial score (nSPS) is 10.8. The first-order valence-electron chi connectivity index (χ1n) is 8.55. The average molecular weight is 411 g/mol. The summed E-state index contributed by atoms with van der Waals surface area (Å²) in [7, 11) is 0. The molecule has 0 amide bonds. The summed E-state index contributed by atoms with van der Waals surface area (Å²) in [6.07, 6.45) is 5.10. The standard InChI is InChI=1S/C20H25BrClNO/c1-2-3-4-5-12-23-14-17-13-18(21)8-11-20(17)24-15-16-6-9-19(22)10-7-16/h6-11,13,23H,2-5,12,14-15H2,1H3. The van der Waals surface area contributed by atoms with E-state index in [0.717, 1.165) is 33.9 Å². The number of hydrogen-bond donors (Lipinski definition) is 1. The number of hydrogen-bond acceptors (Lipinski definition) is 2. The molecule has 0 heterocycles. The lowest BCUT2D eigenvalue weighted by Crippen LogP contribution is -2.15. The number of benzene rings is 2. The Bertz CT molecular complexity index is 616. The van der Waals surface area contributed by atoms with Crippen LogP contribution in [0.5, 0.6) is 5.75 Å². The molecule has 24 heavy (non-hydrogen) atoms. The number of rotatable bonds is 10. The van der Waals surface area contributed by atoms with E-state index in [-0.39, 0.29) is 0 Å². The monoisotopic (exact) mass is 409 g/mol. The van der Waals surface area contributed by atoms with Gasteiger partial charge in [0.05, 0.1) is 0 Å². The molecule has 0 aliphatic carbocycles. The van der Waals surface area contributed by atoms with E-state index in [2.05, 4.69) is 34.2 Å². The topological polar surface area (TPSA) is 21.3 Å². The first-order chi connectivity index (χ1) is 11.7. The Morgan fingerprint density at radius 2 is 1.83 bits per heavy atom. The summed E-state index contributed by atoms with van der Waals surface area (Å²) in [6, 6.07) is 13.9. The first kappa shape index (κ1) is 19.3. The average Bonchev–Trinajstić information content (AvgIpc) is 2.58. The van der Waals surface area contributed by atoms with Gasteiger partial charge in [0.25, 0.3) is 0 Å². The van der Waals surface area contributed by atoms with Crippen LogP contribution in [-0.4, -0.2) is 6.54 Å². The van der Waals surface area contributed by atoms with Crippen LogP contribution in [0.3, 0.4) is 0 Å². The molecule has 0 bridgehead atoms. The van der Waals surface area contributed by atoms with Crippen LogP contribution in [-0.2, 0) is 13.2 Å². The van der Waals surface area contributed by atoms with E-state index in [1.54, 1.807) is 0 Å². The fraction of sp³-hybridized carbons (Fsp3) is 0.400. The Kier molecular flexibility index (Phi) is 8.65. The highest BCUT2D eigenvalue weighted by atomic mass is 79.9. The predicted molar refractivity (Wildman–Crippen MR) is 106 cm³/mol. The lowest BCUT2D eigenvalue weighted by atomic mass is 10.2. The molecule has 0 aromatic heterocycles. The zero-order valence-corrected chi connectivity index (χ0v) is 16.5. The van der Waals surface area contributed by atoms with E-state index in [1.165, 1.54) is 31.2 Å². The second kappa shape index (κ2) is 10.8. The van der Waals surface area contributed by atoms with Gasteiger partial charge in [0.1, 0.15) is 12.4 Å². The van der Waals surface area contributed by atoms with Crippen molar-refractivity contribution in [3.05, 3.63) is 63.1 Å². The molecule has 0 aliphatic heterocycles. The molecule has 2 aromatic rings. The summed E-state index contributed by atoms with van der Waals surface area (Å²) in [5, 5.41) is 4.26. The van der Waals surface area contributed by atoms with Gasteiger partial charge in [-0.2, -0.15) is 0 Å². The zero-order valence-electron chi connectivity index (χ0n) is 14.2. The van der Waals surface area contributed by atoms with Crippen molar-refractivity contribution in [3.63, 3.8) is 0 Å². The molecular weight excluding hydrogens is 386 g/mol. The molecule has 0 saturated carbocycles. The molecule has 0 unspecified atom stereocenters. The molecular formula is C20H25BrClNO. The van der Waals surface area contributed by atoms with Gasteiger partial charge in [0.15, 0.2) is 0 Å². The highest BCUT2D eigenvalue weighted by molar-refractivity contribution is 9.10. The predicted octanol–water partition coefficient (Wildman–Crippen LogP) is 6.35. The van der Waals surface area contributed by atoms with Gasteiger partial charge in [-0.3, -0.25) is 0 Å². The molecule has 0 aliphatic rings. The Morgan fingerprint density at radius 3 is 2.58 bits per heavy atom. The third-order valence-corrected chi connectivity index (χ3v) is 4.60. The van der Waals surface area contributed by atoms with Gasteiger partial charge >= 0.3 is 0 Å². The van der Waals surface area contributed by atoms with Crippen molar-refractivity contribution in [2.24, 2.45) is 0 Å². The Balaban J connectivity index is 1.88. The van der Waals surface area contributed by atoms with Gasteiger partial charge in [-0.25, -0.2) is 0 Å². The molecule has 4 heteroatoms. The molecule has 1 N–H and O–H groups in total.